The van der Waals surface area contributed by atoms with Crippen LogP contribution in [0.25, 0.3) is 16.6 Å². The van der Waals surface area contributed by atoms with Crippen molar-refractivity contribution < 1.29 is 18.0 Å². The summed E-state index contributed by atoms with van der Waals surface area (Å²) in [5, 5.41) is 3.48. The van der Waals surface area contributed by atoms with Crippen molar-refractivity contribution in [2.45, 2.75) is 18.6 Å². The third-order valence-corrected chi connectivity index (χ3v) is 3.90. The summed E-state index contributed by atoms with van der Waals surface area (Å²) in [6.45, 7) is 0. The molecular weight excluding hydrogens is 343 g/mol. The second-order valence-electron chi connectivity index (χ2n) is 5.86. The Bertz CT molecular complexity index is 923. The average molecular weight is 358 g/mol. The number of alkyl halides is 3. The lowest BCUT2D eigenvalue weighted by Gasteiger charge is -2.20. The number of pyridine rings is 1. The predicted octanol–water partition coefficient (Wildman–Crippen LogP) is 4.86. The van der Waals surface area contributed by atoms with Crippen molar-refractivity contribution in [1.82, 2.24) is 4.98 Å². The molecule has 134 valence electrons. The largest absolute Gasteiger partial charge is 0.667 e. The number of carbonyl (C=O) groups is 1. The van der Waals surface area contributed by atoms with Gasteiger partial charge in [-0.25, -0.2) is 0 Å². The highest BCUT2D eigenvalue weighted by atomic mass is 19.4. The molecule has 26 heavy (non-hydrogen) atoms. The first-order valence-electron chi connectivity index (χ1n) is 7.86. The smallest absolute Gasteiger partial charge is 0.416 e. The molecule has 0 fully saturated rings. The van der Waals surface area contributed by atoms with Gasteiger partial charge in [0.2, 0.25) is 5.91 Å². The van der Waals surface area contributed by atoms with E-state index in [0.717, 1.165) is 23.0 Å². The summed E-state index contributed by atoms with van der Waals surface area (Å²) in [6, 6.07) is 12.5. The van der Waals surface area contributed by atoms with Crippen LogP contribution in [-0.4, -0.2) is 16.9 Å². The normalized spacial score (nSPS) is 12.8. The van der Waals surface area contributed by atoms with Crippen LogP contribution in [0.5, 0.6) is 0 Å². The first-order chi connectivity index (χ1) is 12.3. The molecule has 1 aromatic heterocycles. The highest BCUT2D eigenvalue weighted by Crippen LogP contribution is 2.29. The second kappa shape index (κ2) is 7.13. The van der Waals surface area contributed by atoms with Crippen molar-refractivity contribution in [3.63, 3.8) is 0 Å². The molecule has 2 N–H and O–H groups in total. The fraction of sp³-hybridized carbons (Fsp3) is 0.158. The molecule has 3 rings (SSSR count). The summed E-state index contributed by atoms with van der Waals surface area (Å²) in [4.78, 5) is 16.4. The molecule has 4 nitrogen and oxygen atoms in total. The van der Waals surface area contributed by atoms with E-state index in [0.29, 0.717) is 11.3 Å². The third-order valence-electron chi connectivity index (χ3n) is 3.90. The molecule has 0 aliphatic rings. The molecule has 0 saturated carbocycles. The fourth-order valence-corrected chi connectivity index (χ4v) is 2.53. The molecule has 1 amide bonds. The Morgan fingerprint density at radius 3 is 2.50 bits per heavy atom. The zero-order valence-electron chi connectivity index (χ0n) is 13.5. The summed E-state index contributed by atoms with van der Waals surface area (Å²) in [5.74, 6) is -0.540. The molecular formula is C19H15F3N3O-. The lowest BCUT2D eigenvalue weighted by atomic mass is 10.0. The van der Waals surface area contributed by atoms with Crippen molar-refractivity contribution in [2.75, 3.05) is 5.32 Å². The lowest BCUT2D eigenvalue weighted by Crippen LogP contribution is -2.26. The Labute approximate surface area is 147 Å². The summed E-state index contributed by atoms with van der Waals surface area (Å²) in [6.07, 6.45) is -2.88. The van der Waals surface area contributed by atoms with Crippen LogP contribution in [-0.2, 0) is 17.4 Å². The molecule has 3 aromatic rings. The Kier molecular flexibility index (Phi) is 4.90. The molecule has 0 aliphatic heterocycles. The minimum absolute atomic E-state index is 0.0188. The van der Waals surface area contributed by atoms with E-state index in [1.807, 2.05) is 24.3 Å². The van der Waals surface area contributed by atoms with E-state index in [1.54, 1.807) is 6.07 Å². The Morgan fingerprint density at radius 2 is 1.81 bits per heavy atom. The van der Waals surface area contributed by atoms with Gasteiger partial charge in [0.25, 0.3) is 0 Å². The molecule has 0 spiro atoms. The van der Waals surface area contributed by atoms with Gasteiger partial charge in [0.05, 0.1) is 23.0 Å². The van der Waals surface area contributed by atoms with Gasteiger partial charge in [-0.1, -0.05) is 36.4 Å². The van der Waals surface area contributed by atoms with E-state index in [4.69, 9.17) is 5.73 Å². The number of nitrogens with zero attached hydrogens (tertiary/aromatic N) is 1. The number of amides is 1. The van der Waals surface area contributed by atoms with Crippen molar-refractivity contribution in [2.24, 2.45) is 0 Å². The zero-order valence-corrected chi connectivity index (χ0v) is 13.5. The van der Waals surface area contributed by atoms with E-state index in [1.165, 1.54) is 18.3 Å². The van der Waals surface area contributed by atoms with Crippen LogP contribution in [0.15, 0.2) is 60.8 Å². The lowest BCUT2D eigenvalue weighted by molar-refractivity contribution is -0.137. The SMILES string of the molecule is [NH-][C@H](Cc1ccc(C(F)(F)F)cc1)C(=O)Nc1cnc2ccccc2c1. The monoisotopic (exact) mass is 358 g/mol. The van der Waals surface area contributed by atoms with Gasteiger partial charge >= 0.3 is 6.18 Å². The topological polar surface area (TPSA) is 65.8 Å². The van der Waals surface area contributed by atoms with Gasteiger partial charge in [0, 0.05) is 5.39 Å². The van der Waals surface area contributed by atoms with E-state index >= 15 is 0 Å². The first-order valence-corrected chi connectivity index (χ1v) is 7.86. The molecule has 0 unspecified atom stereocenters. The number of hydrogen-bond acceptors (Lipinski definition) is 2. The minimum Gasteiger partial charge on any atom is -0.667 e. The number of halogens is 3. The van der Waals surface area contributed by atoms with Crippen molar-refractivity contribution in [1.29, 1.82) is 0 Å². The van der Waals surface area contributed by atoms with Crippen LogP contribution in [0.4, 0.5) is 18.9 Å². The first kappa shape index (κ1) is 17.9. The van der Waals surface area contributed by atoms with Gasteiger partial charge in [-0.3, -0.25) is 9.78 Å². The van der Waals surface area contributed by atoms with Crippen LogP contribution in [0.1, 0.15) is 11.1 Å². The molecule has 2 aromatic carbocycles. The van der Waals surface area contributed by atoms with Crippen LogP contribution in [0, 0.1) is 0 Å². The highest BCUT2D eigenvalue weighted by molar-refractivity contribution is 5.97. The number of benzene rings is 2. The summed E-state index contributed by atoms with van der Waals surface area (Å²) in [5.41, 5.74) is 8.95. The number of hydrogen-bond donors (Lipinski definition) is 1. The second-order valence-corrected chi connectivity index (χ2v) is 5.86. The molecule has 0 saturated heterocycles. The number of aromatic nitrogens is 1. The number of para-hydroxylation sites is 1. The summed E-state index contributed by atoms with van der Waals surface area (Å²) < 4.78 is 37.7. The van der Waals surface area contributed by atoms with Crippen LogP contribution in [0.2, 0.25) is 0 Å². The van der Waals surface area contributed by atoms with E-state index in [2.05, 4.69) is 10.3 Å². The fourth-order valence-electron chi connectivity index (χ4n) is 2.53. The van der Waals surface area contributed by atoms with Gasteiger partial charge in [0.1, 0.15) is 0 Å². The van der Waals surface area contributed by atoms with Crippen molar-refractivity contribution in [3.05, 3.63) is 77.7 Å². The number of anilines is 1. The van der Waals surface area contributed by atoms with Gasteiger partial charge in [-0.2, -0.15) is 13.2 Å². The molecule has 1 heterocycles. The standard InChI is InChI=1S/C19H15F3N3O/c20-19(21,22)14-7-5-12(6-8-14)9-16(23)18(26)25-15-10-13-3-1-2-4-17(13)24-11-15/h1-8,10-11,16,23H,9H2,(H,25,26)/q-1/t16-/m1/s1. The van der Waals surface area contributed by atoms with Gasteiger partial charge < -0.3 is 11.1 Å². The van der Waals surface area contributed by atoms with Gasteiger partial charge in [0.15, 0.2) is 0 Å². The molecule has 1 atom stereocenters. The Morgan fingerprint density at radius 1 is 1.12 bits per heavy atom. The number of fused-ring (bicyclic) bond motifs is 1. The predicted molar refractivity (Wildman–Crippen MR) is 93.6 cm³/mol. The third kappa shape index (κ3) is 4.18. The zero-order chi connectivity index (χ0) is 18.7. The van der Waals surface area contributed by atoms with Crippen LogP contribution in [0.3, 0.4) is 0 Å². The number of carbonyl (C=O) groups excluding carboxylic acids is 1. The highest BCUT2D eigenvalue weighted by Gasteiger charge is 2.29. The maximum absolute atomic E-state index is 12.6. The molecule has 0 radical (unpaired) electrons. The van der Waals surface area contributed by atoms with Gasteiger partial charge in [-0.05, 0) is 36.2 Å². The molecule has 7 heteroatoms. The van der Waals surface area contributed by atoms with Crippen molar-refractivity contribution in [3.8, 4) is 0 Å². The summed E-state index contributed by atoms with van der Waals surface area (Å²) in [7, 11) is 0. The van der Waals surface area contributed by atoms with E-state index in [-0.39, 0.29) is 6.42 Å². The van der Waals surface area contributed by atoms with Crippen LogP contribution < -0.4 is 5.32 Å². The minimum atomic E-state index is -4.40. The van der Waals surface area contributed by atoms with Gasteiger partial charge in [-0.15, -0.1) is 0 Å². The average Bonchev–Trinajstić information content (AvgIpc) is 2.61. The number of rotatable bonds is 4. The van der Waals surface area contributed by atoms with Crippen molar-refractivity contribution >= 4 is 22.5 Å². The van der Waals surface area contributed by atoms with E-state index in [9.17, 15) is 18.0 Å². The van der Waals surface area contributed by atoms with E-state index < -0.39 is 23.7 Å². The maximum atomic E-state index is 12.6. The Balaban J connectivity index is 1.65. The maximum Gasteiger partial charge on any atom is 0.416 e. The molecule has 0 bridgehead atoms. The van der Waals surface area contributed by atoms with Crippen LogP contribution >= 0.6 is 0 Å². The number of nitrogens with one attached hydrogen (secondary N) is 2. The summed E-state index contributed by atoms with van der Waals surface area (Å²) >= 11 is 0. The Hall–Kier alpha value is -2.93. The quantitative estimate of drug-likeness (QED) is 0.724. The molecule has 0 aliphatic carbocycles.